The minimum Gasteiger partial charge on any atom is -0.497 e. The van der Waals surface area contributed by atoms with E-state index >= 15 is 0 Å². The number of sulfone groups is 1. The Morgan fingerprint density at radius 3 is 2.55 bits per heavy atom. The maximum Gasteiger partial charge on any atom is 0.251 e. The van der Waals surface area contributed by atoms with E-state index in [1.54, 1.807) is 36.4 Å². The minimum atomic E-state index is -3.91. The molecule has 0 spiro atoms. The first-order valence-electron chi connectivity index (χ1n) is 8.73. The van der Waals surface area contributed by atoms with Gasteiger partial charge in [0.2, 0.25) is 0 Å². The van der Waals surface area contributed by atoms with Crippen molar-refractivity contribution in [3.63, 3.8) is 0 Å². The predicted octanol–water partition coefficient (Wildman–Crippen LogP) is 3.17. The lowest BCUT2D eigenvalue weighted by Crippen LogP contribution is -2.32. The van der Waals surface area contributed by atoms with Crippen molar-refractivity contribution in [2.75, 3.05) is 13.7 Å². The van der Waals surface area contributed by atoms with Gasteiger partial charge in [0.1, 0.15) is 16.8 Å². The molecule has 6 nitrogen and oxygen atoms in total. The van der Waals surface area contributed by atoms with Gasteiger partial charge in [-0.05, 0) is 54.1 Å². The molecule has 0 aliphatic rings. The second-order valence-electron chi connectivity index (χ2n) is 6.22. The molecule has 1 heterocycles. The maximum atomic E-state index is 13.2. The van der Waals surface area contributed by atoms with Gasteiger partial charge in [0.15, 0.2) is 9.84 Å². The molecular weight excluding hydrogens is 395 g/mol. The summed E-state index contributed by atoms with van der Waals surface area (Å²) in [5.41, 5.74) is 0.760. The molecule has 1 amide bonds. The normalized spacial score (nSPS) is 12.2. The van der Waals surface area contributed by atoms with Crippen LogP contribution in [0, 0.1) is 5.82 Å². The number of ether oxygens (including phenoxy) is 1. The van der Waals surface area contributed by atoms with Gasteiger partial charge in [-0.15, -0.1) is 0 Å². The molecule has 0 aliphatic heterocycles. The van der Waals surface area contributed by atoms with Gasteiger partial charge in [-0.2, -0.15) is 0 Å². The van der Waals surface area contributed by atoms with Crippen molar-refractivity contribution in [2.45, 2.75) is 10.1 Å². The standard InChI is InChI=1S/C21H19FN2O4S/c1-28-18-6-2-4-15(12-18)21(25)24-14-20(16-5-3-11-23-13-16)29(26,27)19-9-7-17(22)8-10-19/h2-13,20H,14H2,1H3,(H,24,25)/t20-/m1/s1. The lowest BCUT2D eigenvalue weighted by atomic mass is 10.2. The Balaban J connectivity index is 1.88. The molecule has 2 aromatic carbocycles. The third kappa shape index (κ3) is 4.78. The van der Waals surface area contributed by atoms with Crippen LogP contribution in [0.4, 0.5) is 4.39 Å². The molecule has 1 N–H and O–H groups in total. The summed E-state index contributed by atoms with van der Waals surface area (Å²) in [5, 5.41) is 1.57. The van der Waals surface area contributed by atoms with E-state index in [0.717, 1.165) is 12.1 Å². The van der Waals surface area contributed by atoms with Gasteiger partial charge in [-0.3, -0.25) is 9.78 Å². The van der Waals surface area contributed by atoms with E-state index in [4.69, 9.17) is 4.74 Å². The zero-order valence-electron chi connectivity index (χ0n) is 15.6. The van der Waals surface area contributed by atoms with Crippen LogP contribution in [-0.4, -0.2) is 33.0 Å². The topological polar surface area (TPSA) is 85.4 Å². The first kappa shape index (κ1) is 20.5. The van der Waals surface area contributed by atoms with Gasteiger partial charge < -0.3 is 10.1 Å². The number of rotatable bonds is 7. The van der Waals surface area contributed by atoms with Crippen LogP contribution in [0.3, 0.4) is 0 Å². The molecule has 3 aromatic rings. The van der Waals surface area contributed by atoms with E-state index in [1.807, 2.05) is 0 Å². The van der Waals surface area contributed by atoms with E-state index < -0.39 is 26.8 Å². The van der Waals surface area contributed by atoms with E-state index in [2.05, 4.69) is 10.3 Å². The number of halogens is 1. The molecule has 0 bridgehead atoms. The number of pyridine rings is 1. The van der Waals surface area contributed by atoms with Crippen molar-refractivity contribution in [2.24, 2.45) is 0 Å². The van der Waals surface area contributed by atoms with Gasteiger partial charge >= 0.3 is 0 Å². The summed E-state index contributed by atoms with van der Waals surface area (Å²) >= 11 is 0. The van der Waals surface area contributed by atoms with Gasteiger partial charge in [0, 0.05) is 24.5 Å². The highest BCUT2D eigenvalue weighted by molar-refractivity contribution is 7.91. The second kappa shape index (κ2) is 8.83. The van der Waals surface area contributed by atoms with Crippen molar-refractivity contribution < 1.29 is 22.3 Å². The van der Waals surface area contributed by atoms with Crippen LogP contribution in [0.25, 0.3) is 0 Å². The van der Waals surface area contributed by atoms with Crippen LogP contribution < -0.4 is 10.1 Å². The van der Waals surface area contributed by atoms with Crippen LogP contribution in [0.2, 0.25) is 0 Å². The number of benzene rings is 2. The fourth-order valence-corrected chi connectivity index (χ4v) is 4.46. The number of nitrogens with one attached hydrogen (secondary N) is 1. The van der Waals surface area contributed by atoms with Crippen LogP contribution >= 0.6 is 0 Å². The van der Waals surface area contributed by atoms with Crippen LogP contribution in [-0.2, 0) is 9.84 Å². The highest BCUT2D eigenvalue weighted by Crippen LogP contribution is 2.28. The largest absolute Gasteiger partial charge is 0.497 e. The minimum absolute atomic E-state index is 0.0385. The Bertz CT molecular complexity index is 1090. The molecule has 0 saturated carbocycles. The number of aromatic nitrogens is 1. The number of hydrogen-bond donors (Lipinski definition) is 1. The molecule has 0 unspecified atom stereocenters. The van der Waals surface area contributed by atoms with Gasteiger partial charge in [-0.1, -0.05) is 12.1 Å². The SMILES string of the molecule is COc1cccc(C(=O)NC[C@H](c2cccnc2)S(=O)(=O)c2ccc(F)cc2)c1. The zero-order valence-corrected chi connectivity index (χ0v) is 16.4. The fraction of sp³-hybridized carbons (Fsp3) is 0.143. The first-order valence-corrected chi connectivity index (χ1v) is 10.3. The molecule has 1 atom stereocenters. The van der Waals surface area contributed by atoms with Crippen LogP contribution in [0.1, 0.15) is 21.2 Å². The number of amides is 1. The molecule has 0 saturated heterocycles. The molecule has 0 radical (unpaired) electrons. The molecule has 1 aromatic heterocycles. The number of methoxy groups -OCH3 is 1. The summed E-state index contributed by atoms with van der Waals surface area (Å²) in [4.78, 5) is 16.5. The smallest absolute Gasteiger partial charge is 0.251 e. The van der Waals surface area contributed by atoms with E-state index in [1.165, 1.54) is 31.6 Å². The van der Waals surface area contributed by atoms with E-state index in [-0.39, 0.29) is 11.4 Å². The number of carbonyl (C=O) groups excluding carboxylic acids is 1. The number of carbonyl (C=O) groups is 1. The molecular formula is C21H19FN2O4S. The Hall–Kier alpha value is -3.26. The van der Waals surface area contributed by atoms with E-state index in [0.29, 0.717) is 16.9 Å². The van der Waals surface area contributed by atoms with Crippen molar-refractivity contribution in [3.8, 4) is 5.75 Å². The molecule has 3 rings (SSSR count). The van der Waals surface area contributed by atoms with Crippen molar-refractivity contribution >= 4 is 15.7 Å². The third-order valence-electron chi connectivity index (χ3n) is 4.35. The summed E-state index contributed by atoms with van der Waals surface area (Å²) in [6, 6.07) is 14.4. The van der Waals surface area contributed by atoms with Gasteiger partial charge in [-0.25, -0.2) is 12.8 Å². The quantitative estimate of drug-likeness (QED) is 0.600. The van der Waals surface area contributed by atoms with Gasteiger partial charge in [0.05, 0.1) is 12.0 Å². The average Bonchev–Trinajstić information content (AvgIpc) is 2.74. The Morgan fingerprint density at radius 1 is 1.14 bits per heavy atom. The highest BCUT2D eigenvalue weighted by atomic mass is 32.2. The van der Waals surface area contributed by atoms with E-state index in [9.17, 15) is 17.6 Å². The average molecular weight is 414 g/mol. The van der Waals surface area contributed by atoms with Crippen molar-refractivity contribution in [1.82, 2.24) is 10.3 Å². The highest BCUT2D eigenvalue weighted by Gasteiger charge is 2.30. The van der Waals surface area contributed by atoms with Crippen LogP contribution in [0.15, 0.2) is 78.0 Å². The first-order chi connectivity index (χ1) is 13.9. The molecule has 0 fully saturated rings. The number of nitrogens with zero attached hydrogens (tertiary/aromatic N) is 1. The summed E-state index contributed by atoms with van der Waals surface area (Å²) < 4.78 is 44.7. The Labute approximate surface area is 168 Å². The van der Waals surface area contributed by atoms with Crippen LogP contribution in [0.5, 0.6) is 5.75 Å². The monoisotopic (exact) mass is 414 g/mol. The number of hydrogen-bond acceptors (Lipinski definition) is 5. The fourth-order valence-electron chi connectivity index (χ4n) is 2.81. The summed E-state index contributed by atoms with van der Waals surface area (Å²) in [6.45, 7) is -0.179. The lowest BCUT2D eigenvalue weighted by Gasteiger charge is -2.19. The summed E-state index contributed by atoms with van der Waals surface area (Å²) in [5.74, 6) is -0.458. The predicted molar refractivity (Wildman–Crippen MR) is 106 cm³/mol. The second-order valence-corrected chi connectivity index (χ2v) is 8.35. The molecule has 29 heavy (non-hydrogen) atoms. The Kier molecular flexibility index (Phi) is 6.23. The summed E-state index contributed by atoms with van der Waals surface area (Å²) in [7, 11) is -2.42. The third-order valence-corrected chi connectivity index (χ3v) is 6.47. The van der Waals surface area contributed by atoms with Crippen molar-refractivity contribution in [3.05, 3.63) is 90.0 Å². The molecule has 0 aliphatic carbocycles. The maximum absolute atomic E-state index is 13.2. The lowest BCUT2D eigenvalue weighted by molar-refractivity contribution is 0.0953. The molecule has 150 valence electrons. The van der Waals surface area contributed by atoms with Gasteiger partial charge in [0.25, 0.3) is 5.91 Å². The van der Waals surface area contributed by atoms with Crippen molar-refractivity contribution in [1.29, 1.82) is 0 Å². The molecule has 8 heteroatoms. The Morgan fingerprint density at radius 2 is 1.90 bits per heavy atom. The summed E-state index contributed by atoms with van der Waals surface area (Å²) in [6.07, 6.45) is 2.96. The zero-order chi connectivity index (χ0) is 20.9.